The number of halogens is 1. The summed E-state index contributed by atoms with van der Waals surface area (Å²) >= 11 is 0. The average Bonchev–Trinajstić information content (AvgIpc) is 2.26. The molecule has 1 atom stereocenters. The zero-order chi connectivity index (χ0) is 15.6. The van der Waals surface area contributed by atoms with Gasteiger partial charge < -0.3 is 10.5 Å². The molecule has 0 amide bonds. The topological polar surface area (TPSA) is 69.4 Å². The van der Waals surface area contributed by atoms with E-state index < -0.39 is 26.4 Å². The minimum absolute atomic E-state index is 0.00340. The fourth-order valence-corrected chi connectivity index (χ4v) is 2.46. The van der Waals surface area contributed by atoms with Gasteiger partial charge in [-0.25, -0.2) is 12.8 Å². The Kier molecular flexibility index (Phi) is 5.15. The van der Waals surface area contributed by atoms with Gasteiger partial charge in [-0.2, -0.15) is 0 Å². The molecule has 6 heteroatoms. The molecule has 0 radical (unpaired) electrons. The first kappa shape index (κ1) is 16.9. The van der Waals surface area contributed by atoms with Crippen molar-refractivity contribution in [3.63, 3.8) is 0 Å². The van der Waals surface area contributed by atoms with E-state index in [1.165, 1.54) is 6.07 Å². The van der Waals surface area contributed by atoms with Crippen LogP contribution in [-0.2, 0) is 9.84 Å². The summed E-state index contributed by atoms with van der Waals surface area (Å²) in [5, 5.41) is 0. The van der Waals surface area contributed by atoms with Crippen LogP contribution in [0.15, 0.2) is 18.2 Å². The molecule has 0 spiro atoms. The quantitative estimate of drug-likeness (QED) is 0.907. The van der Waals surface area contributed by atoms with Crippen molar-refractivity contribution in [2.45, 2.75) is 38.5 Å². The molecule has 0 aliphatic rings. The van der Waals surface area contributed by atoms with Crippen LogP contribution in [0, 0.1) is 5.82 Å². The summed E-state index contributed by atoms with van der Waals surface area (Å²) in [6.45, 7) is 6.60. The predicted octanol–water partition coefficient (Wildman–Crippen LogP) is 2.44. The first-order chi connectivity index (χ1) is 9.04. The van der Waals surface area contributed by atoms with Gasteiger partial charge in [0.05, 0.1) is 10.5 Å². The minimum Gasteiger partial charge on any atom is -0.492 e. The zero-order valence-electron chi connectivity index (χ0n) is 12.3. The normalized spacial score (nSPS) is 14.1. The molecule has 1 rings (SSSR count). The highest BCUT2D eigenvalue weighted by Gasteiger charge is 2.28. The number of hydrogen-bond acceptors (Lipinski definition) is 4. The maximum Gasteiger partial charge on any atom is 0.158 e. The first-order valence-electron chi connectivity index (χ1n) is 6.45. The maximum absolute atomic E-state index is 13.7. The van der Waals surface area contributed by atoms with Crippen molar-refractivity contribution in [1.29, 1.82) is 0 Å². The number of benzene rings is 1. The standard InChI is InChI=1S/C14H22FNO3S/c1-10(16)12-6-5-11(9-13(12)15)19-7-8-20(17,18)14(2,3)4/h5-6,9-10H,7-8,16H2,1-4H3/t10-/m0/s1. The number of nitrogens with two attached hydrogens (primary N) is 1. The summed E-state index contributed by atoms with van der Waals surface area (Å²) in [5.74, 6) is -0.250. The van der Waals surface area contributed by atoms with Crippen molar-refractivity contribution in [3.8, 4) is 5.75 Å². The largest absolute Gasteiger partial charge is 0.492 e. The van der Waals surface area contributed by atoms with Gasteiger partial charge in [0.1, 0.15) is 18.2 Å². The van der Waals surface area contributed by atoms with E-state index in [1.54, 1.807) is 39.8 Å². The molecule has 0 fully saturated rings. The Labute approximate surface area is 120 Å². The smallest absolute Gasteiger partial charge is 0.158 e. The van der Waals surface area contributed by atoms with Crippen LogP contribution in [0.3, 0.4) is 0 Å². The summed E-state index contributed by atoms with van der Waals surface area (Å²) in [4.78, 5) is 0. The molecule has 0 heterocycles. The second-order valence-corrected chi connectivity index (χ2v) is 8.61. The van der Waals surface area contributed by atoms with Crippen LogP contribution in [0.4, 0.5) is 4.39 Å². The summed E-state index contributed by atoms with van der Waals surface area (Å²) in [5.41, 5.74) is 6.01. The van der Waals surface area contributed by atoms with Crippen molar-refractivity contribution >= 4 is 9.84 Å². The maximum atomic E-state index is 13.7. The Bertz CT molecular complexity index is 562. The van der Waals surface area contributed by atoms with Crippen molar-refractivity contribution in [3.05, 3.63) is 29.6 Å². The van der Waals surface area contributed by atoms with Crippen LogP contribution in [-0.4, -0.2) is 25.5 Å². The summed E-state index contributed by atoms with van der Waals surface area (Å²) in [7, 11) is -3.24. The molecule has 0 saturated heterocycles. The second-order valence-electron chi connectivity index (χ2n) is 5.75. The Hall–Kier alpha value is -1.14. The van der Waals surface area contributed by atoms with E-state index >= 15 is 0 Å². The van der Waals surface area contributed by atoms with E-state index in [0.29, 0.717) is 11.3 Å². The van der Waals surface area contributed by atoms with Crippen LogP contribution >= 0.6 is 0 Å². The molecular weight excluding hydrogens is 281 g/mol. The van der Waals surface area contributed by atoms with Crippen molar-refractivity contribution in [2.75, 3.05) is 12.4 Å². The zero-order valence-corrected chi connectivity index (χ0v) is 13.1. The first-order valence-corrected chi connectivity index (χ1v) is 8.10. The van der Waals surface area contributed by atoms with Gasteiger partial charge >= 0.3 is 0 Å². The van der Waals surface area contributed by atoms with E-state index in [0.717, 1.165) is 0 Å². The van der Waals surface area contributed by atoms with Crippen molar-refractivity contribution < 1.29 is 17.5 Å². The van der Waals surface area contributed by atoms with E-state index in [4.69, 9.17) is 10.5 Å². The SMILES string of the molecule is C[C@H](N)c1ccc(OCCS(=O)(=O)C(C)(C)C)cc1F. The number of rotatable bonds is 5. The lowest BCUT2D eigenvalue weighted by molar-refractivity contribution is 0.337. The lowest BCUT2D eigenvalue weighted by Gasteiger charge is -2.19. The lowest BCUT2D eigenvalue weighted by atomic mass is 10.1. The van der Waals surface area contributed by atoms with Gasteiger partial charge in [-0.05, 0) is 33.8 Å². The monoisotopic (exact) mass is 303 g/mol. The fourth-order valence-electron chi connectivity index (χ4n) is 1.54. The molecule has 2 N–H and O–H groups in total. The second kappa shape index (κ2) is 6.10. The molecule has 0 aliphatic heterocycles. The van der Waals surface area contributed by atoms with Gasteiger partial charge in [0.25, 0.3) is 0 Å². The van der Waals surface area contributed by atoms with Crippen LogP contribution < -0.4 is 10.5 Å². The molecule has 1 aromatic carbocycles. The third kappa shape index (κ3) is 4.18. The third-order valence-electron chi connectivity index (χ3n) is 3.02. The highest BCUT2D eigenvalue weighted by molar-refractivity contribution is 7.92. The molecule has 114 valence electrons. The van der Waals surface area contributed by atoms with Gasteiger partial charge in [0.2, 0.25) is 0 Å². The number of sulfone groups is 1. The Balaban J connectivity index is 2.66. The Morgan fingerprint density at radius 3 is 2.40 bits per heavy atom. The van der Waals surface area contributed by atoms with Crippen LogP contribution in [0.1, 0.15) is 39.3 Å². The summed E-state index contributed by atoms with van der Waals surface area (Å²) < 4.78 is 41.9. The number of hydrogen-bond donors (Lipinski definition) is 1. The fraction of sp³-hybridized carbons (Fsp3) is 0.571. The molecular formula is C14H22FNO3S. The third-order valence-corrected chi connectivity index (χ3v) is 5.59. The Morgan fingerprint density at radius 1 is 1.35 bits per heavy atom. The van der Waals surface area contributed by atoms with Crippen LogP contribution in [0.2, 0.25) is 0 Å². The molecule has 20 heavy (non-hydrogen) atoms. The summed E-state index contributed by atoms with van der Waals surface area (Å²) in [6, 6.07) is 3.96. The molecule has 0 aliphatic carbocycles. The highest BCUT2D eigenvalue weighted by Crippen LogP contribution is 2.21. The predicted molar refractivity (Wildman–Crippen MR) is 78.0 cm³/mol. The molecule has 0 saturated carbocycles. The van der Waals surface area contributed by atoms with E-state index in [2.05, 4.69) is 0 Å². The van der Waals surface area contributed by atoms with Gasteiger partial charge in [-0.3, -0.25) is 0 Å². The van der Waals surface area contributed by atoms with E-state index in [-0.39, 0.29) is 12.4 Å². The molecule has 0 unspecified atom stereocenters. The molecule has 1 aromatic rings. The van der Waals surface area contributed by atoms with Gasteiger partial charge in [-0.15, -0.1) is 0 Å². The highest BCUT2D eigenvalue weighted by atomic mass is 32.2. The Morgan fingerprint density at radius 2 is 1.95 bits per heavy atom. The number of ether oxygens (including phenoxy) is 1. The van der Waals surface area contributed by atoms with Crippen molar-refractivity contribution in [2.24, 2.45) is 5.73 Å². The lowest BCUT2D eigenvalue weighted by Crippen LogP contribution is -2.32. The minimum atomic E-state index is -3.24. The average molecular weight is 303 g/mol. The van der Waals surface area contributed by atoms with Gasteiger partial charge in [0, 0.05) is 17.7 Å². The molecule has 0 aromatic heterocycles. The van der Waals surface area contributed by atoms with Crippen LogP contribution in [0.5, 0.6) is 5.75 Å². The molecule has 0 bridgehead atoms. The van der Waals surface area contributed by atoms with Crippen LogP contribution in [0.25, 0.3) is 0 Å². The van der Waals surface area contributed by atoms with E-state index in [9.17, 15) is 12.8 Å². The molecule has 4 nitrogen and oxygen atoms in total. The van der Waals surface area contributed by atoms with Gasteiger partial charge in [-0.1, -0.05) is 6.07 Å². The summed E-state index contributed by atoms with van der Waals surface area (Å²) in [6.07, 6.45) is 0. The van der Waals surface area contributed by atoms with Gasteiger partial charge in [0.15, 0.2) is 9.84 Å². The van der Waals surface area contributed by atoms with E-state index in [1.807, 2.05) is 0 Å². The van der Waals surface area contributed by atoms with Crippen molar-refractivity contribution in [1.82, 2.24) is 0 Å².